The number of carboxylic acid groups (broad SMARTS) is 1. The molecule has 0 saturated carbocycles. The number of methoxy groups -OCH3 is 2. The van der Waals surface area contributed by atoms with E-state index >= 15 is 0 Å². The molecule has 4 nitrogen and oxygen atoms in total. The third-order valence-electron chi connectivity index (χ3n) is 1.77. The Morgan fingerprint density at radius 1 is 1.29 bits per heavy atom. The molecule has 0 radical (unpaired) electrons. The van der Waals surface area contributed by atoms with Gasteiger partial charge in [-0.2, -0.15) is 0 Å². The first-order chi connectivity index (χ1) is 8.02. The largest absolute Gasteiger partial charge is 0.491 e. The molecule has 1 aromatic carbocycles. The molecule has 6 heteroatoms. The molecule has 0 saturated heterocycles. The Labute approximate surface area is 104 Å². The molecule has 0 heterocycles. The molecule has 1 N–H and O–H groups in total. The van der Waals surface area contributed by atoms with Gasteiger partial charge in [0, 0.05) is 0 Å². The van der Waals surface area contributed by atoms with Crippen molar-refractivity contribution in [1.82, 2.24) is 0 Å². The number of ether oxygens (including phenoxy) is 2. The van der Waals surface area contributed by atoms with Gasteiger partial charge in [0.2, 0.25) is 0 Å². The smallest absolute Gasteiger partial charge is 0.337 e. The Bertz CT molecular complexity index is 407. The normalized spacial score (nSPS) is 9.06. The first-order valence-corrected chi connectivity index (χ1v) is 5.24. The molecule has 0 spiro atoms. The number of aromatic carboxylic acids is 1. The molecule has 0 amide bonds. The summed E-state index contributed by atoms with van der Waals surface area (Å²) in [5.41, 5.74) is -0.369. The topological polar surface area (TPSA) is 55.8 Å². The lowest BCUT2D eigenvalue weighted by atomic mass is 10.2. The van der Waals surface area contributed by atoms with Crippen LogP contribution in [0, 0.1) is 5.82 Å². The summed E-state index contributed by atoms with van der Waals surface area (Å²) in [6.45, 7) is 4.00. The van der Waals surface area contributed by atoms with Crippen molar-refractivity contribution >= 4 is 17.6 Å². The lowest BCUT2D eigenvalue weighted by Crippen LogP contribution is -2.03. The maximum Gasteiger partial charge on any atom is 0.337 e. The summed E-state index contributed by atoms with van der Waals surface area (Å²) in [5, 5.41) is 8.53. The van der Waals surface area contributed by atoms with Gasteiger partial charge in [-0.15, -0.1) is 0 Å². The summed E-state index contributed by atoms with van der Waals surface area (Å²) in [6.07, 6.45) is 0. The minimum atomic E-state index is -1.33. The molecule has 96 valence electrons. The van der Waals surface area contributed by atoms with Crippen LogP contribution < -0.4 is 9.47 Å². The summed E-state index contributed by atoms with van der Waals surface area (Å²) in [4.78, 5) is 10.7. The maximum atomic E-state index is 13.3. The van der Waals surface area contributed by atoms with E-state index in [1.807, 2.05) is 13.8 Å². The minimum Gasteiger partial charge on any atom is -0.491 e. The molecule has 1 aromatic rings. The zero-order chi connectivity index (χ0) is 13.6. The number of rotatable bonds is 3. The molecule has 0 atom stereocenters. The van der Waals surface area contributed by atoms with E-state index in [4.69, 9.17) is 26.2 Å². The lowest BCUT2D eigenvalue weighted by Gasteiger charge is -2.11. The van der Waals surface area contributed by atoms with Crippen molar-refractivity contribution in [2.75, 3.05) is 14.2 Å². The fourth-order valence-electron chi connectivity index (χ4n) is 1.11. The van der Waals surface area contributed by atoms with Crippen molar-refractivity contribution in [1.29, 1.82) is 0 Å². The fraction of sp³-hybridized carbons (Fsp3) is 0.364. The highest BCUT2D eigenvalue weighted by atomic mass is 35.5. The number of hydrogen-bond acceptors (Lipinski definition) is 3. The van der Waals surface area contributed by atoms with Gasteiger partial charge in [-0.05, 0) is 6.07 Å². The Hall–Kier alpha value is -1.49. The van der Waals surface area contributed by atoms with Crippen molar-refractivity contribution in [2.24, 2.45) is 0 Å². The highest BCUT2D eigenvalue weighted by Crippen LogP contribution is 2.39. The molecular weight excluding hydrogens is 251 g/mol. The molecule has 0 aliphatic rings. The zero-order valence-electron chi connectivity index (χ0n) is 10.0. The van der Waals surface area contributed by atoms with Crippen LogP contribution in [0.25, 0.3) is 0 Å². The zero-order valence-corrected chi connectivity index (χ0v) is 10.8. The van der Waals surface area contributed by atoms with Gasteiger partial charge >= 0.3 is 5.97 Å². The lowest BCUT2D eigenvalue weighted by molar-refractivity contribution is 0.0696. The third-order valence-corrected chi connectivity index (χ3v) is 2.14. The van der Waals surface area contributed by atoms with Gasteiger partial charge in [-0.1, -0.05) is 25.4 Å². The van der Waals surface area contributed by atoms with Crippen molar-refractivity contribution in [2.45, 2.75) is 13.8 Å². The van der Waals surface area contributed by atoms with E-state index in [1.165, 1.54) is 14.2 Å². The van der Waals surface area contributed by atoms with Gasteiger partial charge in [0.1, 0.15) is 5.02 Å². The van der Waals surface area contributed by atoms with Crippen LogP contribution in [0.5, 0.6) is 11.5 Å². The first kappa shape index (κ1) is 15.5. The van der Waals surface area contributed by atoms with E-state index in [2.05, 4.69) is 0 Å². The number of carbonyl (C=O) groups is 1. The Morgan fingerprint density at radius 3 is 2.12 bits per heavy atom. The maximum absolute atomic E-state index is 13.3. The van der Waals surface area contributed by atoms with Crippen LogP contribution in [0.3, 0.4) is 0 Å². The monoisotopic (exact) mass is 264 g/mol. The van der Waals surface area contributed by atoms with E-state index in [-0.39, 0.29) is 22.1 Å². The molecule has 0 aromatic heterocycles. The summed E-state index contributed by atoms with van der Waals surface area (Å²) in [7, 11) is 2.48. The van der Waals surface area contributed by atoms with Gasteiger partial charge in [-0.3, -0.25) is 0 Å². The van der Waals surface area contributed by atoms with Crippen LogP contribution in [0.2, 0.25) is 5.02 Å². The summed E-state index contributed by atoms with van der Waals surface area (Å²) in [5.74, 6) is -2.51. The SMILES string of the molecule is CC.COc1c(F)cc(C(=O)O)c(Cl)c1OC. The van der Waals surface area contributed by atoms with Crippen molar-refractivity contribution in [3.8, 4) is 11.5 Å². The predicted octanol–water partition coefficient (Wildman–Crippen LogP) is 3.22. The molecule has 1 rings (SSSR count). The Kier molecular flexibility index (Phi) is 6.35. The van der Waals surface area contributed by atoms with Gasteiger partial charge < -0.3 is 14.6 Å². The summed E-state index contributed by atoms with van der Waals surface area (Å²) in [6, 6.07) is 0.784. The molecule has 0 aliphatic heterocycles. The number of carboxylic acids is 1. The highest BCUT2D eigenvalue weighted by molar-refractivity contribution is 6.35. The van der Waals surface area contributed by atoms with Crippen LogP contribution in [0.15, 0.2) is 6.07 Å². The molecule has 0 unspecified atom stereocenters. The second kappa shape index (κ2) is 6.96. The van der Waals surface area contributed by atoms with E-state index in [1.54, 1.807) is 0 Å². The van der Waals surface area contributed by atoms with E-state index < -0.39 is 11.8 Å². The van der Waals surface area contributed by atoms with Crippen molar-refractivity contribution in [3.05, 3.63) is 22.5 Å². The van der Waals surface area contributed by atoms with E-state index in [9.17, 15) is 9.18 Å². The minimum absolute atomic E-state index is 0.128. The standard InChI is InChI=1S/C9H8ClFO4.C2H6/c1-14-7-5(11)3-4(9(12)13)6(10)8(7)15-2;1-2/h3H,1-2H3,(H,12,13);1-2H3. The van der Waals surface area contributed by atoms with Crippen LogP contribution in [-0.2, 0) is 0 Å². The quantitative estimate of drug-likeness (QED) is 0.911. The number of halogens is 2. The number of hydrogen-bond donors (Lipinski definition) is 1. The van der Waals surface area contributed by atoms with Crippen molar-refractivity contribution in [3.63, 3.8) is 0 Å². The highest BCUT2D eigenvalue weighted by Gasteiger charge is 2.21. The van der Waals surface area contributed by atoms with Crippen molar-refractivity contribution < 1.29 is 23.8 Å². The van der Waals surface area contributed by atoms with Crippen LogP contribution >= 0.6 is 11.6 Å². The molecule has 0 bridgehead atoms. The van der Waals surface area contributed by atoms with Gasteiger partial charge in [-0.25, -0.2) is 9.18 Å². The summed E-state index contributed by atoms with van der Waals surface area (Å²) < 4.78 is 22.8. The van der Waals surface area contributed by atoms with Crippen LogP contribution in [-0.4, -0.2) is 25.3 Å². The molecular formula is C11H14ClFO4. The second-order valence-electron chi connectivity index (χ2n) is 2.59. The molecule has 0 fully saturated rings. The average molecular weight is 265 g/mol. The van der Waals surface area contributed by atoms with E-state index in [0.29, 0.717) is 0 Å². The molecule has 17 heavy (non-hydrogen) atoms. The number of benzene rings is 1. The van der Waals surface area contributed by atoms with Crippen LogP contribution in [0.4, 0.5) is 4.39 Å². The first-order valence-electron chi connectivity index (χ1n) is 4.86. The van der Waals surface area contributed by atoms with Crippen LogP contribution in [0.1, 0.15) is 24.2 Å². The predicted molar refractivity (Wildman–Crippen MR) is 62.8 cm³/mol. The average Bonchev–Trinajstić information content (AvgIpc) is 2.33. The van der Waals surface area contributed by atoms with E-state index in [0.717, 1.165) is 6.07 Å². The van der Waals surface area contributed by atoms with Gasteiger partial charge in [0.25, 0.3) is 0 Å². The van der Waals surface area contributed by atoms with Gasteiger partial charge in [0.15, 0.2) is 17.3 Å². The summed E-state index contributed by atoms with van der Waals surface area (Å²) >= 11 is 5.71. The Morgan fingerprint density at radius 2 is 1.76 bits per heavy atom. The molecule has 0 aliphatic carbocycles. The Balaban J connectivity index is 0.00000121. The van der Waals surface area contributed by atoms with Gasteiger partial charge in [0.05, 0.1) is 19.8 Å². The second-order valence-corrected chi connectivity index (χ2v) is 2.97. The third kappa shape index (κ3) is 3.23. The fourth-order valence-corrected chi connectivity index (χ4v) is 1.41.